The van der Waals surface area contributed by atoms with Crippen molar-refractivity contribution in [1.82, 2.24) is 10.2 Å². The summed E-state index contributed by atoms with van der Waals surface area (Å²) in [6, 6.07) is 6.11. The van der Waals surface area contributed by atoms with E-state index in [4.69, 9.17) is 23.2 Å². The van der Waals surface area contributed by atoms with Crippen LogP contribution in [0.2, 0.25) is 10.0 Å². The maximum absolute atomic E-state index is 6.33. The summed E-state index contributed by atoms with van der Waals surface area (Å²) in [6.45, 7) is 6.95. The van der Waals surface area contributed by atoms with Gasteiger partial charge < -0.3 is 5.32 Å². The molecule has 0 radical (unpaired) electrons. The van der Waals surface area contributed by atoms with Gasteiger partial charge in [0, 0.05) is 18.1 Å². The number of benzene rings is 1. The predicted molar refractivity (Wildman–Crippen MR) is 87.8 cm³/mol. The third kappa shape index (κ3) is 3.48. The van der Waals surface area contributed by atoms with Crippen LogP contribution in [-0.4, -0.2) is 30.6 Å². The second-order valence-electron chi connectivity index (χ2n) is 6.18. The van der Waals surface area contributed by atoms with Crippen LogP contribution in [0.5, 0.6) is 0 Å². The largest absolute Gasteiger partial charge is 0.313 e. The van der Waals surface area contributed by atoms with Gasteiger partial charge in [0.2, 0.25) is 0 Å². The zero-order valence-corrected chi connectivity index (χ0v) is 14.1. The standard InChI is InChI=1S/C16H24Cl2N2/c1-16(2)9-5-10-20(16)11-8-14(19-3)12-6-4-7-13(17)15(12)18/h4,6-7,14,19H,5,8-11H2,1-3H3. The second-order valence-corrected chi connectivity index (χ2v) is 6.96. The van der Waals surface area contributed by atoms with Crippen LogP contribution in [-0.2, 0) is 0 Å². The lowest BCUT2D eigenvalue weighted by molar-refractivity contribution is 0.167. The minimum absolute atomic E-state index is 0.248. The SMILES string of the molecule is CNC(CCN1CCCC1(C)C)c1cccc(Cl)c1Cl. The molecule has 1 unspecified atom stereocenters. The number of hydrogen-bond acceptors (Lipinski definition) is 2. The van der Waals surface area contributed by atoms with Gasteiger partial charge in [-0.1, -0.05) is 35.3 Å². The van der Waals surface area contributed by atoms with Crippen molar-refractivity contribution in [1.29, 1.82) is 0 Å². The Kier molecular flexibility index (Phi) is 5.36. The van der Waals surface area contributed by atoms with Crippen LogP contribution in [0.15, 0.2) is 18.2 Å². The average molecular weight is 315 g/mol. The summed E-state index contributed by atoms with van der Waals surface area (Å²) in [7, 11) is 1.98. The Morgan fingerprint density at radius 3 is 2.70 bits per heavy atom. The minimum atomic E-state index is 0.248. The van der Waals surface area contributed by atoms with Crippen molar-refractivity contribution < 1.29 is 0 Å². The molecule has 0 amide bonds. The van der Waals surface area contributed by atoms with Gasteiger partial charge in [-0.15, -0.1) is 0 Å². The Labute approximate surface area is 132 Å². The molecule has 1 N–H and O–H groups in total. The molecule has 1 aromatic carbocycles. The summed E-state index contributed by atoms with van der Waals surface area (Å²) in [5.41, 5.74) is 1.43. The van der Waals surface area contributed by atoms with Crippen molar-refractivity contribution in [2.24, 2.45) is 0 Å². The maximum Gasteiger partial charge on any atom is 0.0640 e. The van der Waals surface area contributed by atoms with Crippen LogP contribution in [0.4, 0.5) is 0 Å². The van der Waals surface area contributed by atoms with Crippen molar-refractivity contribution in [2.75, 3.05) is 20.1 Å². The number of nitrogens with one attached hydrogen (secondary N) is 1. The first kappa shape index (κ1) is 16.1. The first-order valence-corrected chi connectivity index (χ1v) is 8.07. The van der Waals surface area contributed by atoms with Crippen molar-refractivity contribution in [3.8, 4) is 0 Å². The lowest BCUT2D eigenvalue weighted by Crippen LogP contribution is -2.39. The van der Waals surface area contributed by atoms with E-state index in [0.717, 1.165) is 18.5 Å². The first-order chi connectivity index (χ1) is 9.45. The molecular weight excluding hydrogens is 291 g/mol. The fraction of sp³-hybridized carbons (Fsp3) is 0.625. The van der Waals surface area contributed by atoms with Crippen molar-refractivity contribution >= 4 is 23.2 Å². The van der Waals surface area contributed by atoms with Crippen LogP contribution >= 0.6 is 23.2 Å². The van der Waals surface area contributed by atoms with Crippen LogP contribution in [0.3, 0.4) is 0 Å². The molecule has 1 aromatic rings. The highest BCUT2D eigenvalue weighted by Gasteiger charge is 2.31. The van der Waals surface area contributed by atoms with E-state index in [-0.39, 0.29) is 6.04 Å². The molecule has 1 aliphatic rings. The summed E-state index contributed by atoms with van der Waals surface area (Å²) < 4.78 is 0. The highest BCUT2D eigenvalue weighted by molar-refractivity contribution is 6.42. The summed E-state index contributed by atoms with van der Waals surface area (Å²) in [5, 5.41) is 4.67. The van der Waals surface area contributed by atoms with E-state index in [2.05, 4.69) is 30.1 Å². The van der Waals surface area contributed by atoms with Gasteiger partial charge in [-0.2, -0.15) is 0 Å². The lowest BCUT2D eigenvalue weighted by atomic mass is 10.00. The van der Waals surface area contributed by atoms with Crippen molar-refractivity contribution in [2.45, 2.75) is 44.7 Å². The summed E-state index contributed by atoms with van der Waals surface area (Å²) in [4.78, 5) is 2.58. The predicted octanol–water partition coefficient (Wildman–Crippen LogP) is 4.52. The Morgan fingerprint density at radius 1 is 1.35 bits per heavy atom. The fourth-order valence-electron chi connectivity index (χ4n) is 3.11. The molecule has 0 aromatic heterocycles. The highest BCUT2D eigenvalue weighted by atomic mass is 35.5. The third-order valence-electron chi connectivity index (χ3n) is 4.47. The van der Waals surface area contributed by atoms with Crippen LogP contribution in [0, 0.1) is 0 Å². The molecule has 4 heteroatoms. The van der Waals surface area contributed by atoms with Crippen LogP contribution in [0.25, 0.3) is 0 Å². The molecule has 2 nitrogen and oxygen atoms in total. The molecule has 1 saturated heterocycles. The Morgan fingerprint density at radius 2 is 2.10 bits per heavy atom. The third-order valence-corrected chi connectivity index (χ3v) is 5.30. The zero-order chi connectivity index (χ0) is 14.8. The van der Waals surface area contributed by atoms with Gasteiger partial charge in [-0.25, -0.2) is 0 Å². The number of halogens is 2. The molecule has 1 heterocycles. The molecule has 112 valence electrons. The molecule has 0 saturated carbocycles. The molecule has 2 rings (SSSR count). The quantitative estimate of drug-likeness (QED) is 0.859. The lowest BCUT2D eigenvalue weighted by Gasteiger charge is -2.33. The molecule has 20 heavy (non-hydrogen) atoms. The maximum atomic E-state index is 6.33. The Hall–Kier alpha value is -0.280. The van der Waals surface area contributed by atoms with E-state index in [9.17, 15) is 0 Å². The van der Waals surface area contributed by atoms with Gasteiger partial charge in [-0.3, -0.25) is 4.90 Å². The summed E-state index contributed by atoms with van der Waals surface area (Å²) in [5.74, 6) is 0. The van der Waals surface area contributed by atoms with E-state index in [1.54, 1.807) is 0 Å². The van der Waals surface area contributed by atoms with Crippen molar-refractivity contribution in [3.05, 3.63) is 33.8 Å². The van der Waals surface area contributed by atoms with E-state index in [0.29, 0.717) is 15.6 Å². The Bertz CT molecular complexity index is 460. The first-order valence-electron chi connectivity index (χ1n) is 7.32. The van der Waals surface area contributed by atoms with Gasteiger partial charge in [0.05, 0.1) is 10.0 Å². The van der Waals surface area contributed by atoms with Gasteiger partial charge in [0.15, 0.2) is 0 Å². The monoisotopic (exact) mass is 314 g/mol. The molecule has 0 aliphatic carbocycles. The summed E-state index contributed by atoms with van der Waals surface area (Å²) >= 11 is 12.4. The second kappa shape index (κ2) is 6.65. The van der Waals surface area contributed by atoms with Crippen LogP contribution in [0.1, 0.15) is 44.7 Å². The number of nitrogens with zero attached hydrogens (tertiary/aromatic N) is 1. The number of hydrogen-bond donors (Lipinski definition) is 1. The van der Waals surface area contributed by atoms with Crippen LogP contribution < -0.4 is 5.32 Å². The van der Waals surface area contributed by atoms with Gasteiger partial charge in [0.25, 0.3) is 0 Å². The van der Waals surface area contributed by atoms with Gasteiger partial charge >= 0.3 is 0 Å². The molecule has 1 aliphatic heterocycles. The smallest absolute Gasteiger partial charge is 0.0640 e. The summed E-state index contributed by atoms with van der Waals surface area (Å²) in [6.07, 6.45) is 3.63. The topological polar surface area (TPSA) is 15.3 Å². The van der Waals surface area contributed by atoms with E-state index in [1.165, 1.54) is 19.4 Å². The molecule has 1 atom stereocenters. The van der Waals surface area contributed by atoms with E-state index in [1.807, 2.05) is 19.2 Å². The zero-order valence-electron chi connectivity index (χ0n) is 12.5. The average Bonchev–Trinajstić information content (AvgIpc) is 2.74. The molecule has 1 fully saturated rings. The number of rotatable bonds is 5. The molecule has 0 bridgehead atoms. The molecular formula is C16H24Cl2N2. The van der Waals surface area contributed by atoms with E-state index >= 15 is 0 Å². The minimum Gasteiger partial charge on any atom is -0.313 e. The van der Waals surface area contributed by atoms with Gasteiger partial charge in [0.1, 0.15) is 0 Å². The van der Waals surface area contributed by atoms with Gasteiger partial charge in [-0.05, 0) is 58.3 Å². The normalized spacial score (nSPS) is 20.2. The highest BCUT2D eigenvalue weighted by Crippen LogP contribution is 2.33. The van der Waals surface area contributed by atoms with E-state index < -0.39 is 0 Å². The van der Waals surface area contributed by atoms with Crippen molar-refractivity contribution in [3.63, 3.8) is 0 Å². The number of likely N-dealkylation sites (tertiary alicyclic amines) is 1. The Balaban J connectivity index is 2.04. The fourth-order valence-corrected chi connectivity index (χ4v) is 3.55. The molecule has 0 spiro atoms.